The Morgan fingerprint density at radius 1 is 0.909 bits per heavy atom. The van der Waals surface area contributed by atoms with Crippen LogP contribution in [0.25, 0.3) is 17.1 Å². The predicted molar refractivity (Wildman–Crippen MR) is 88.4 cm³/mol. The van der Waals surface area contributed by atoms with Gasteiger partial charge in [0.2, 0.25) is 5.95 Å². The third kappa shape index (κ3) is 2.70. The van der Waals surface area contributed by atoms with Gasteiger partial charge in [0.15, 0.2) is 0 Å². The number of hydrogen-bond donors (Lipinski definition) is 0. The van der Waals surface area contributed by atoms with Gasteiger partial charge in [-0.05, 0) is 37.1 Å². The van der Waals surface area contributed by atoms with Crippen LogP contribution in [0, 0.1) is 13.8 Å². The van der Waals surface area contributed by atoms with Gasteiger partial charge in [0, 0.05) is 44.6 Å². The van der Waals surface area contributed by atoms with Crippen LogP contribution in [0.3, 0.4) is 0 Å². The molecule has 0 saturated carbocycles. The van der Waals surface area contributed by atoms with E-state index < -0.39 is 0 Å². The van der Waals surface area contributed by atoms with Gasteiger partial charge in [-0.3, -0.25) is 4.57 Å². The molecule has 1 aromatic carbocycles. The molecular weight excluding hydrogens is 274 g/mol. The summed E-state index contributed by atoms with van der Waals surface area (Å²) in [5.74, 6) is 1.53. The SMILES string of the molecule is Cc1cc(C)cc(-n2ccnc2-c2cnc(N(C)C)nc2)c1. The van der Waals surface area contributed by atoms with Crippen molar-refractivity contribution < 1.29 is 0 Å². The molecule has 2 heterocycles. The number of anilines is 1. The number of rotatable bonds is 3. The molecule has 0 bridgehead atoms. The number of hydrogen-bond acceptors (Lipinski definition) is 4. The normalized spacial score (nSPS) is 10.7. The Balaban J connectivity index is 2.05. The molecule has 0 unspecified atom stereocenters. The van der Waals surface area contributed by atoms with Crippen LogP contribution in [0.5, 0.6) is 0 Å². The molecule has 0 radical (unpaired) electrons. The molecule has 0 N–H and O–H groups in total. The molecule has 22 heavy (non-hydrogen) atoms. The van der Waals surface area contributed by atoms with E-state index in [-0.39, 0.29) is 0 Å². The van der Waals surface area contributed by atoms with E-state index in [2.05, 4.69) is 51.6 Å². The van der Waals surface area contributed by atoms with Crippen LogP contribution in [0.1, 0.15) is 11.1 Å². The average molecular weight is 293 g/mol. The minimum Gasteiger partial charge on any atom is -0.347 e. The summed E-state index contributed by atoms with van der Waals surface area (Å²) >= 11 is 0. The zero-order valence-corrected chi connectivity index (χ0v) is 13.3. The van der Waals surface area contributed by atoms with Gasteiger partial charge in [-0.1, -0.05) is 6.07 Å². The molecule has 3 rings (SSSR count). The van der Waals surface area contributed by atoms with E-state index in [9.17, 15) is 0 Å². The van der Waals surface area contributed by atoms with Crippen molar-refractivity contribution in [3.63, 3.8) is 0 Å². The molecule has 3 aromatic rings. The van der Waals surface area contributed by atoms with E-state index >= 15 is 0 Å². The fourth-order valence-electron chi connectivity index (χ4n) is 2.48. The summed E-state index contributed by atoms with van der Waals surface area (Å²) in [6.45, 7) is 4.20. The lowest BCUT2D eigenvalue weighted by atomic mass is 10.1. The van der Waals surface area contributed by atoms with Gasteiger partial charge in [0.25, 0.3) is 0 Å². The summed E-state index contributed by atoms with van der Waals surface area (Å²) in [4.78, 5) is 15.1. The molecule has 0 amide bonds. The molecule has 0 saturated heterocycles. The van der Waals surface area contributed by atoms with Gasteiger partial charge in [0.1, 0.15) is 5.82 Å². The molecule has 112 valence electrons. The Kier molecular flexibility index (Phi) is 3.63. The van der Waals surface area contributed by atoms with E-state index in [0.29, 0.717) is 5.95 Å². The van der Waals surface area contributed by atoms with E-state index in [1.165, 1.54) is 11.1 Å². The minimum atomic E-state index is 0.688. The van der Waals surface area contributed by atoms with Crippen LogP contribution in [0.4, 0.5) is 5.95 Å². The van der Waals surface area contributed by atoms with Crippen LogP contribution in [-0.4, -0.2) is 33.6 Å². The molecule has 0 fully saturated rings. The van der Waals surface area contributed by atoms with Crippen molar-refractivity contribution in [3.8, 4) is 17.1 Å². The first-order valence-corrected chi connectivity index (χ1v) is 7.16. The minimum absolute atomic E-state index is 0.688. The summed E-state index contributed by atoms with van der Waals surface area (Å²) in [7, 11) is 3.84. The topological polar surface area (TPSA) is 46.8 Å². The monoisotopic (exact) mass is 293 g/mol. The second-order valence-corrected chi connectivity index (χ2v) is 5.63. The van der Waals surface area contributed by atoms with Crippen LogP contribution in [0.2, 0.25) is 0 Å². The average Bonchev–Trinajstić information content (AvgIpc) is 2.95. The molecular formula is C17H19N5. The first-order valence-electron chi connectivity index (χ1n) is 7.16. The summed E-state index contributed by atoms with van der Waals surface area (Å²) in [5.41, 5.74) is 4.46. The van der Waals surface area contributed by atoms with Crippen molar-refractivity contribution in [2.24, 2.45) is 0 Å². The Hall–Kier alpha value is -2.69. The fourth-order valence-corrected chi connectivity index (χ4v) is 2.48. The number of benzene rings is 1. The number of aromatic nitrogens is 4. The highest BCUT2D eigenvalue weighted by atomic mass is 15.2. The van der Waals surface area contributed by atoms with E-state index in [0.717, 1.165) is 17.1 Å². The first kappa shape index (κ1) is 14.3. The molecule has 5 heteroatoms. The lowest BCUT2D eigenvalue weighted by molar-refractivity contribution is 0.989. The molecule has 0 aliphatic rings. The maximum absolute atomic E-state index is 4.47. The summed E-state index contributed by atoms with van der Waals surface area (Å²) in [5, 5.41) is 0. The fraction of sp³-hybridized carbons (Fsp3) is 0.235. The third-order valence-electron chi connectivity index (χ3n) is 3.42. The predicted octanol–water partition coefficient (Wildman–Crippen LogP) is 3.01. The van der Waals surface area contributed by atoms with Crippen LogP contribution >= 0.6 is 0 Å². The van der Waals surface area contributed by atoms with Gasteiger partial charge >= 0.3 is 0 Å². The van der Waals surface area contributed by atoms with Crippen molar-refractivity contribution >= 4 is 5.95 Å². The third-order valence-corrected chi connectivity index (χ3v) is 3.42. The summed E-state index contributed by atoms with van der Waals surface area (Å²) in [6, 6.07) is 6.45. The molecule has 0 spiro atoms. The highest BCUT2D eigenvalue weighted by Crippen LogP contribution is 2.22. The molecule has 0 aliphatic heterocycles. The standard InChI is InChI=1S/C17H19N5/c1-12-7-13(2)9-15(8-12)22-6-5-18-16(22)14-10-19-17(20-11-14)21(3)4/h5-11H,1-4H3. The summed E-state index contributed by atoms with van der Waals surface area (Å²) < 4.78 is 2.06. The zero-order valence-electron chi connectivity index (χ0n) is 13.3. The highest BCUT2D eigenvalue weighted by Gasteiger charge is 2.10. The Labute approximate surface area is 130 Å². The number of aryl methyl sites for hydroxylation is 2. The second-order valence-electron chi connectivity index (χ2n) is 5.63. The molecule has 2 aromatic heterocycles. The largest absolute Gasteiger partial charge is 0.347 e. The van der Waals surface area contributed by atoms with Crippen LogP contribution in [0.15, 0.2) is 43.0 Å². The summed E-state index contributed by atoms with van der Waals surface area (Å²) in [6.07, 6.45) is 7.38. The quantitative estimate of drug-likeness (QED) is 0.745. The Morgan fingerprint density at radius 3 is 2.14 bits per heavy atom. The molecule has 5 nitrogen and oxygen atoms in total. The van der Waals surface area contributed by atoms with Gasteiger partial charge < -0.3 is 4.90 Å². The Morgan fingerprint density at radius 2 is 1.55 bits per heavy atom. The molecule has 0 atom stereocenters. The van der Waals surface area contributed by atoms with Gasteiger partial charge in [-0.15, -0.1) is 0 Å². The zero-order chi connectivity index (χ0) is 15.7. The molecule has 0 aliphatic carbocycles. The van der Waals surface area contributed by atoms with E-state index in [1.54, 1.807) is 6.20 Å². The van der Waals surface area contributed by atoms with E-state index in [4.69, 9.17) is 0 Å². The smallest absolute Gasteiger partial charge is 0.224 e. The van der Waals surface area contributed by atoms with Gasteiger partial charge in [-0.2, -0.15) is 0 Å². The van der Waals surface area contributed by atoms with Crippen LogP contribution < -0.4 is 4.90 Å². The van der Waals surface area contributed by atoms with Crippen LogP contribution in [-0.2, 0) is 0 Å². The van der Waals surface area contributed by atoms with Crippen molar-refractivity contribution in [3.05, 3.63) is 54.1 Å². The first-order chi connectivity index (χ1) is 10.5. The lowest BCUT2D eigenvalue weighted by Crippen LogP contribution is -2.12. The van der Waals surface area contributed by atoms with Gasteiger partial charge in [-0.25, -0.2) is 15.0 Å². The number of nitrogens with zero attached hydrogens (tertiary/aromatic N) is 5. The van der Waals surface area contributed by atoms with Crippen molar-refractivity contribution in [2.75, 3.05) is 19.0 Å². The maximum atomic E-state index is 4.47. The maximum Gasteiger partial charge on any atom is 0.224 e. The highest BCUT2D eigenvalue weighted by molar-refractivity contribution is 5.58. The van der Waals surface area contributed by atoms with Crippen molar-refractivity contribution in [1.29, 1.82) is 0 Å². The van der Waals surface area contributed by atoms with Gasteiger partial charge in [0.05, 0.1) is 5.56 Å². The van der Waals surface area contributed by atoms with Crippen molar-refractivity contribution in [2.45, 2.75) is 13.8 Å². The van der Waals surface area contributed by atoms with E-state index in [1.807, 2.05) is 37.6 Å². The number of imidazole rings is 1. The second kappa shape index (κ2) is 5.60. The van der Waals surface area contributed by atoms with Crippen molar-refractivity contribution in [1.82, 2.24) is 19.5 Å². The lowest BCUT2D eigenvalue weighted by Gasteiger charge is -2.12. The Bertz CT molecular complexity index is 767.